The maximum absolute atomic E-state index is 11.5. The van der Waals surface area contributed by atoms with Gasteiger partial charge in [0.25, 0.3) is 0 Å². The zero-order valence-electron chi connectivity index (χ0n) is 23.0. The Morgan fingerprint density at radius 3 is 2.41 bits per heavy atom. The number of fused-ring (bicyclic) bond motifs is 1. The smallest absolute Gasteiger partial charge is 0.339 e. The normalized spacial score (nSPS) is 13.3. The molecule has 0 bridgehead atoms. The molecule has 204 valence electrons. The predicted octanol–water partition coefficient (Wildman–Crippen LogP) is 6.26. The van der Waals surface area contributed by atoms with Crippen molar-refractivity contribution in [3.05, 3.63) is 102 Å². The number of aliphatic hydroxyl groups excluding tert-OH is 1. The van der Waals surface area contributed by atoms with Gasteiger partial charge in [-0.1, -0.05) is 72.8 Å². The van der Waals surface area contributed by atoms with Gasteiger partial charge in [-0.05, 0) is 72.4 Å². The van der Waals surface area contributed by atoms with Crippen molar-refractivity contribution in [2.24, 2.45) is 0 Å². The van der Waals surface area contributed by atoms with Crippen molar-refractivity contribution in [2.75, 3.05) is 20.3 Å². The molecule has 0 spiro atoms. The van der Waals surface area contributed by atoms with Gasteiger partial charge in [0, 0.05) is 12.1 Å². The number of carboxylic acid groups (broad SMARTS) is 1. The third kappa shape index (κ3) is 7.24. The molecule has 6 nitrogen and oxygen atoms in total. The van der Waals surface area contributed by atoms with Crippen LogP contribution in [0.4, 0.5) is 0 Å². The molecule has 6 heteroatoms. The van der Waals surface area contributed by atoms with E-state index in [0.717, 1.165) is 23.1 Å². The van der Waals surface area contributed by atoms with Crippen molar-refractivity contribution >= 4 is 16.7 Å². The van der Waals surface area contributed by atoms with E-state index in [0.29, 0.717) is 12.3 Å². The summed E-state index contributed by atoms with van der Waals surface area (Å²) in [6.45, 7) is 6.81. The monoisotopic (exact) mass is 527 g/mol. The van der Waals surface area contributed by atoms with E-state index in [1.54, 1.807) is 18.2 Å². The van der Waals surface area contributed by atoms with Gasteiger partial charge < -0.3 is 25.0 Å². The number of carbonyl (C=O) groups is 1. The lowest BCUT2D eigenvalue weighted by molar-refractivity contribution is -0.00397. The minimum atomic E-state index is -1.04. The Morgan fingerprint density at radius 1 is 0.949 bits per heavy atom. The van der Waals surface area contributed by atoms with Gasteiger partial charge in [0.1, 0.15) is 11.3 Å². The first-order valence-electron chi connectivity index (χ1n) is 13.2. The molecule has 0 aliphatic heterocycles. The molecule has 0 amide bonds. The van der Waals surface area contributed by atoms with E-state index in [9.17, 15) is 15.0 Å². The first kappa shape index (κ1) is 28.3. The van der Waals surface area contributed by atoms with E-state index in [1.165, 1.54) is 23.4 Å². The molecule has 0 fully saturated rings. The van der Waals surface area contributed by atoms with Crippen LogP contribution in [0.5, 0.6) is 5.75 Å². The fourth-order valence-corrected chi connectivity index (χ4v) is 4.87. The average molecular weight is 528 g/mol. The van der Waals surface area contributed by atoms with Gasteiger partial charge in [-0.15, -0.1) is 0 Å². The van der Waals surface area contributed by atoms with E-state index >= 15 is 0 Å². The van der Waals surface area contributed by atoms with Gasteiger partial charge in [0.2, 0.25) is 0 Å². The zero-order chi connectivity index (χ0) is 28.0. The first-order chi connectivity index (χ1) is 18.7. The number of aromatic carboxylic acids is 1. The fourth-order valence-electron chi connectivity index (χ4n) is 4.87. The third-order valence-electron chi connectivity index (χ3n) is 6.96. The lowest BCUT2D eigenvalue weighted by atomic mass is 9.93. The number of hydrogen-bond acceptors (Lipinski definition) is 5. The minimum absolute atomic E-state index is 0.113. The number of nitrogens with one attached hydrogen (secondary N) is 1. The van der Waals surface area contributed by atoms with E-state index < -0.39 is 12.1 Å². The van der Waals surface area contributed by atoms with Crippen molar-refractivity contribution in [1.29, 1.82) is 0 Å². The Bertz CT molecular complexity index is 1430. The highest BCUT2D eigenvalue weighted by Crippen LogP contribution is 2.33. The van der Waals surface area contributed by atoms with Crippen LogP contribution in [-0.2, 0) is 11.2 Å². The molecule has 2 atom stereocenters. The summed E-state index contributed by atoms with van der Waals surface area (Å²) in [5.41, 5.74) is 3.85. The lowest BCUT2D eigenvalue weighted by Gasteiger charge is -2.28. The lowest BCUT2D eigenvalue weighted by Crippen LogP contribution is -2.46. The van der Waals surface area contributed by atoms with E-state index in [4.69, 9.17) is 9.47 Å². The molecular weight excluding hydrogens is 490 g/mol. The van der Waals surface area contributed by atoms with E-state index in [1.807, 2.05) is 37.3 Å². The molecule has 0 saturated heterocycles. The van der Waals surface area contributed by atoms with Crippen molar-refractivity contribution < 1.29 is 24.5 Å². The van der Waals surface area contributed by atoms with Crippen LogP contribution in [0.2, 0.25) is 0 Å². The number of carboxylic acids is 1. The van der Waals surface area contributed by atoms with Gasteiger partial charge in [-0.3, -0.25) is 0 Å². The Morgan fingerprint density at radius 2 is 1.67 bits per heavy atom. The highest BCUT2D eigenvalue weighted by Gasteiger charge is 2.21. The molecule has 4 aromatic rings. The number of aliphatic hydroxyl groups is 1. The van der Waals surface area contributed by atoms with E-state index in [-0.39, 0.29) is 23.8 Å². The Hall–Kier alpha value is -3.71. The standard InChI is InChI=1S/C33H37NO5/c1-22(28-11-7-8-12-29(28)26-15-16-30(32(36)37)31(18-26)38-4)39-21-27(35)20-34-33(2,3)19-23-13-14-24-9-5-6-10-25(24)17-23/h5-18,22,27,34-35H,19-21H2,1-4H3,(H,36,37)/t22-,27-/m1/s1. The molecule has 3 N–H and O–H groups in total. The zero-order valence-corrected chi connectivity index (χ0v) is 23.0. The second kappa shape index (κ2) is 12.4. The van der Waals surface area contributed by atoms with Crippen molar-refractivity contribution in [3.8, 4) is 16.9 Å². The quantitative estimate of drug-likeness (QED) is 0.201. The van der Waals surface area contributed by atoms with Gasteiger partial charge >= 0.3 is 5.97 Å². The summed E-state index contributed by atoms with van der Waals surface area (Å²) >= 11 is 0. The van der Waals surface area contributed by atoms with Gasteiger partial charge in [0.15, 0.2) is 0 Å². The number of benzene rings is 4. The molecule has 0 radical (unpaired) electrons. The number of hydrogen-bond donors (Lipinski definition) is 3. The Kier molecular flexibility index (Phi) is 9.02. The summed E-state index contributed by atoms with van der Waals surface area (Å²) in [6.07, 6.45) is -0.128. The molecule has 0 saturated carbocycles. The first-order valence-corrected chi connectivity index (χ1v) is 13.2. The summed E-state index contributed by atoms with van der Waals surface area (Å²) in [5.74, 6) is -0.734. The number of methoxy groups -OCH3 is 1. The molecule has 4 aromatic carbocycles. The highest BCUT2D eigenvalue weighted by molar-refractivity contribution is 5.92. The summed E-state index contributed by atoms with van der Waals surface area (Å²) < 4.78 is 11.4. The average Bonchev–Trinajstić information content (AvgIpc) is 2.94. The summed E-state index contributed by atoms with van der Waals surface area (Å²) in [4.78, 5) is 11.5. The number of ether oxygens (including phenoxy) is 2. The second-order valence-electron chi connectivity index (χ2n) is 10.6. The topological polar surface area (TPSA) is 88.0 Å². The van der Waals surface area contributed by atoms with Crippen LogP contribution in [0.25, 0.3) is 21.9 Å². The second-order valence-corrected chi connectivity index (χ2v) is 10.6. The van der Waals surface area contributed by atoms with Crippen LogP contribution in [0, 0.1) is 0 Å². The molecule has 0 unspecified atom stereocenters. The van der Waals surface area contributed by atoms with Crippen LogP contribution in [-0.4, -0.2) is 48.1 Å². The maximum atomic E-state index is 11.5. The minimum Gasteiger partial charge on any atom is -0.496 e. The molecule has 39 heavy (non-hydrogen) atoms. The van der Waals surface area contributed by atoms with Gasteiger partial charge in [-0.25, -0.2) is 4.79 Å². The van der Waals surface area contributed by atoms with Crippen LogP contribution in [0.15, 0.2) is 84.9 Å². The summed E-state index contributed by atoms with van der Waals surface area (Å²) in [7, 11) is 1.46. The Balaban J connectivity index is 1.35. The van der Waals surface area contributed by atoms with Crippen molar-refractivity contribution in [3.63, 3.8) is 0 Å². The maximum Gasteiger partial charge on any atom is 0.339 e. The highest BCUT2D eigenvalue weighted by atomic mass is 16.5. The molecule has 0 aliphatic rings. The van der Waals surface area contributed by atoms with Crippen molar-refractivity contribution in [2.45, 2.75) is 44.9 Å². The summed E-state index contributed by atoms with van der Waals surface area (Å²) in [5, 5.41) is 26.0. The van der Waals surface area contributed by atoms with Crippen LogP contribution in [0.3, 0.4) is 0 Å². The van der Waals surface area contributed by atoms with Crippen LogP contribution < -0.4 is 10.1 Å². The van der Waals surface area contributed by atoms with E-state index in [2.05, 4.69) is 55.6 Å². The SMILES string of the molecule is COc1cc(-c2ccccc2[C@@H](C)OC[C@H](O)CNC(C)(C)Cc2ccc3ccccc3c2)ccc1C(=O)O. The van der Waals surface area contributed by atoms with Crippen LogP contribution >= 0.6 is 0 Å². The Labute approximate surface area is 230 Å². The number of rotatable bonds is 12. The predicted molar refractivity (Wildman–Crippen MR) is 155 cm³/mol. The largest absolute Gasteiger partial charge is 0.496 e. The van der Waals surface area contributed by atoms with Crippen molar-refractivity contribution in [1.82, 2.24) is 5.32 Å². The van der Waals surface area contributed by atoms with Crippen LogP contribution in [0.1, 0.15) is 48.4 Å². The molecule has 0 aromatic heterocycles. The molecule has 0 aliphatic carbocycles. The third-order valence-corrected chi connectivity index (χ3v) is 6.96. The summed E-state index contributed by atoms with van der Waals surface area (Å²) in [6, 6.07) is 27.7. The fraction of sp³-hybridized carbons (Fsp3) is 0.303. The molecular formula is C33H37NO5. The number of β-amino-alcohol motifs (C(OH)–C–C–N with tert-alkyl or cyclic N) is 1. The molecule has 0 heterocycles. The van der Waals surface area contributed by atoms with Gasteiger partial charge in [0.05, 0.1) is 25.9 Å². The molecule has 4 rings (SSSR count). The van der Waals surface area contributed by atoms with Gasteiger partial charge in [-0.2, -0.15) is 0 Å².